The van der Waals surface area contributed by atoms with Gasteiger partial charge in [0.25, 0.3) is 0 Å². The van der Waals surface area contributed by atoms with Crippen LogP contribution in [-0.2, 0) is 0 Å². The van der Waals surface area contributed by atoms with Crippen molar-refractivity contribution in [2.45, 2.75) is 12.8 Å². The number of aromatic nitrogens is 3. The van der Waals surface area contributed by atoms with E-state index in [0.29, 0.717) is 24.3 Å². The van der Waals surface area contributed by atoms with Crippen LogP contribution in [0.5, 0.6) is 0 Å². The summed E-state index contributed by atoms with van der Waals surface area (Å²) in [5, 5.41) is 0. The summed E-state index contributed by atoms with van der Waals surface area (Å²) >= 11 is 0. The van der Waals surface area contributed by atoms with Crippen molar-refractivity contribution in [2.75, 3.05) is 18.0 Å². The van der Waals surface area contributed by atoms with E-state index in [1.165, 1.54) is 18.5 Å². The van der Waals surface area contributed by atoms with Crippen LogP contribution < -0.4 is 4.90 Å². The van der Waals surface area contributed by atoms with Crippen molar-refractivity contribution < 1.29 is 13.2 Å². The van der Waals surface area contributed by atoms with Gasteiger partial charge >= 0.3 is 0 Å². The van der Waals surface area contributed by atoms with Gasteiger partial charge in [0.1, 0.15) is 17.2 Å². The largest absolute Gasteiger partial charge is 0.369 e. The minimum Gasteiger partial charge on any atom is -0.369 e. The maximum Gasteiger partial charge on any atom is 0.225 e. The number of anilines is 1. The van der Waals surface area contributed by atoms with Crippen molar-refractivity contribution in [3.05, 3.63) is 48.2 Å². The molecule has 122 valence electrons. The number of nitrogens with zero attached hydrogens (tertiary/aromatic N) is 4. The van der Waals surface area contributed by atoms with Gasteiger partial charge in [0, 0.05) is 37.1 Å². The number of halogens is 3. The maximum atomic E-state index is 14.7. The lowest BCUT2D eigenvalue weighted by atomic mass is 10.0. The van der Waals surface area contributed by atoms with E-state index in [0.717, 1.165) is 25.0 Å². The summed E-state index contributed by atoms with van der Waals surface area (Å²) in [6, 6.07) is 3.07. The average Bonchev–Trinajstić information content (AvgIpc) is 3.08. The summed E-state index contributed by atoms with van der Waals surface area (Å²) < 4.78 is 42.3. The molecule has 24 heavy (non-hydrogen) atoms. The number of pyridine rings is 1. The van der Waals surface area contributed by atoms with Crippen LogP contribution in [0.2, 0.25) is 0 Å². The Balaban J connectivity index is 2.06. The fraction of sp³-hybridized carbons (Fsp3) is 0.235. The molecule has 1 saturated heterocycles. The van der Waals surface area contributed by atoms with E-state index >= 15 is 0 Å². The number of fused-ring (bicyclic) bond motifs is 1. The Kier molecular flexibility index (Phi) is 3.55. The molecule has 0 spiro atoms. The summed E-state index contributed by atoms with van der Waals surface area (Å²) in [4.78, 5) is 14.1. The molecule has 0 radical (unpaired) electrons. The van der Waals surface area contributed by atoms with Crippen LogP contribution >= 0.6 is 0 Å². The Hall–Kier alpha value is -2.70. The average molecular weight is 330 g/mol. The quantitative estimate of drug-likeness (QED) is 0.672. The molecule has 0 unspecified atom stereocenters. The summed E-state index contributed by atoms with van der Waals surface area (Å²) in [7, 11) is 0. The molecule has 4 nitrogen and oxygen atoms in total. The summed E-state index contributed by atoms with van der Waals surface area (Å²) in [6.07, 6.45) is 4.83. The second-order valence-corrected chi connectivity index (χ2v) is 5.67. The first kappa shape index (κ1) is 14.9. The zero-order valence-electron chi connectivity index (χ0n) is 12.6. The Morgan fingerprint density at radius 1 is 0.958 bits per heavy atom. The molecule has 7 heteroatoms. The third-order valence-electron chi connectivity index (χ3n) is 4.17. The highest BCUT2D eigenvalue weighted by molar-refractivity contribution is 5.96. The lowest BCUT2D eigenvalue weighted by Gasteiger charge is -2.23. The van der Waals surface area contributed by atoms with E-state index in [1.54, 1.807) is 0 Å². The van der Waals surface area contributed by atoms with Gasteiger partial charge < -0.3 is 4.90 Å². The van der Waals surface area contributed by atoms with Crippen molar-refractivity contribution in [2.24, 2.45) is 0 Å². The van der Waals surface area contributed by atoms with Gasteiger partial charge in [-0.15, -0.1) is 0 Å². The van der Waals surface area contributed by atoms with E-state index in [2.05, 4.69) is 15.0 Å². The van der Waals surface area contributed by atoms with Gasteiger partial charge in [-0.25, -0.2) is 18.7 Å². The van der Waals surface area contributed by atoms with Crippen LogP contribution in [0.3, 0.4) is 0 Å². The lowest BCUT2D eigenvalue weighted by Crippen LogP contribution is -2.20. The molecule has 0 saturated carbocycles. The molecule has 4 rings (SSSR count). The van der Waals surface area contributed by atoms with Gasteiger partial charge in [0.15, 0.2) is 5.65 Å². The highest BCUT2D eigenvalue weighted by Crippen LogP contribution is 2.39. The van der Waals surface area contributed by atoms with E-state index in [9.17, 15) is 13.2 Å². The van der Waals surface area contributed by atoms with Crippen molar-refractivity contribution in [1.29, 1.82) is 0 Å². The lowest BCUT2D eigenvalue weighted by molar-refractivity contribution is 0.575. The van der Waals surface area contributed by atoms with Crippen molar-refractivity contribution in [1.82, 2.24) is 15.0 Å². The number of hydrogen-bond donors (Lipinski definition) is 0. The van der Waals surface area contributed by atoms with Crippen LogP contribution in [0.4, 0.5) is 18.9 Å². The first-order valence-corrected chi connectivity index (χ1v) is 7.66. The van der Waals surface area contributed by atoms with Gasteiger partial charge in [-0.05, 0) is 25.0 Å². The summed E-state index contributed by atoms with van der Waals surface area (Å²) in [6.45, 7) is 1.43. The number of hydrogen-bond acceptors (Lipinski definition) is 4. The molecule has 0 amide bonds. The van der Waals surface area contributed by atoms with Gasteiger partial charge in [0.2, 0.25) is 5.95 Å². The Morgan fingerprint density at radius 2 is 1.71 bits per heavy atom. The molecule has 2 aromatic heterocycles. The molecule has 3 heterocycles. The SMILES string of the molecule is Fc1ccc(-c2c(F)nc3nccnc3c2N2CCCC2)c(F)c1. The van der Waals surface area contributed by atoms with Crippen molar-refractivity contribution >= 4 is 16.9 Å². The van der Waals surface area contributed by atoms with Gasteiger partial charge in [0.05, 0.1) is 11.3 Å². The second kappa shape index (κ2) is 5.74. The smallest absolute Gasteiger partial charge is 0.225 e. The summed E-state index contributed by atoms with van der Waals surface area (Å²) in [5.41, 5.74) is 1.02. The van der Waals surface area contributed by atoms with E-state index in [1.807, 2.05) is 4.90 Å². The van der Waals surface area contributed by atoms with Crippen LogP contribution in [-0.4, -0.2) is 28.0 Å². The van der Waals surface area contributed by atoms with Crippen LogP contribution in [0.15, 0.2) is 30.6 Å². The Labute approximate surface area is 136 Å². The minimum absolute atomic E-state index is 0.00222. The van der Waals surface area contributed by atoms with Crippen LogP contribution in [0.25, 0.3) is 22.3 Å². The fourth-order valence-corrected chi connectivity index (χ4v) is 3.12. The third-order valence-corrected chi connectivity index (χ3v) is 4.17. The van der Waals surface area contributed by atoms with Gasteiger partial charge in [-0.2, -0.15) is 9.37 Å². The second-order valence-electron chi connectivity index (χ2n) is 5.67. The number of benzene rings is 1. The van der Waals surface area contributed by atoms with Gasteiger partial charge in [-0.1, -0.05) is 0 Å². The van der Waals surface area contributed by atoms with Crippen molar-refractivity contribution in [3.8, 4) is 11.1 Å². The van der Waals surface area contributed by atoms with Gasteiger partial charge in [-0.3, -0.25) is 0 Å². The predicted molar refractivity (Wildman–Crippen MR) is 84.1 cm³/mol. The fourth-order valence-electron chi connectivity index (χ4n) is 3.12. The maximum absolute atomic E-state index is 14.7. The molecule has 1 aliphatic heterocycles. The topological polar surface area (TPSA) is 41.9 Å². The normalized spacial score (nSPS) is 14.5. The van der Waals surface area contributed by atoms with Crippen LogP contribution in [0, 0.1) is 17.6 Å². The van der Waals surface area contributed by atoms with Crippen molar-refractivity contribution in [3.63, 3.8) is 0 Å². The highest BCUT2D eigenvalue weighted by Gasteiger charge is 2.26. The molecule has 3 aromatic rings. The molecule has 0 N–H and O–H groups in total. The highest BCUT2D eigenvalue weighted by atomic mass is 19.1. The predicted octanol–water partition coefficient (Wildman–Crippen LogP) is 3.71. The first-order valence-electron chi connectivity index (χ1n) is 7.66. The zero-order valence-corrected chi connectivity index (χ0v) is 12.6. The first-order chi connectivity index (χ1) is 11.6. The molecule has 0 bridgehead atoms. The molecular weight excluding hydrogens is 317 g/mol. The monoisotopic (exact) mass is 330 g/mol. The Morgan fingerprint density at radius 3 is 2.46 bits per heavy atom. The molecule has 1 fully saturated rings. The standard InChI is InChI=1S/C17H13F3N4/c18-10-3-4-11(12(19)9-10)13-15(24-7-1-2-8-24)14-17(23-16(13)20)22-6-5-21-14/h3-6,9H,1-2,7-8H2. The molecule has 0 atom stereocenters. The number of rotatable bonds is 2. The molecule has 1 aromatic carbocycles. The van der Waals surface area contributed by atoms with E-state index < -0.39 is 17.6 Å². The van der Waals surface area contributed by atoms with Crippen LogP contribution in [0.1, 0.15) is 12.8 Å². The Bertz CT molecular complexity index is 923. The molecule has 0 aliphatic carbocycles. The summed E-state index contributed by atoms with van der Waals surface area (Å²) in [5.74, 6) is -2.39. The third kappa shape index (κ3) is 2.36. The van der Waals surface area contributed by atoms with E-state index in [-0.39, 0.29) is 16.8 Å². The van der Waals surface area contributed by atoms with E-state index in [4.69, 9.17) is 0 Å². The minimum atomic E-state index is -0.838. The molecular formula is C17H13F3N4. The molecule has 1 aliphatic rings. The zero-order chi connectivity index (χ0) is 16.7.